The van der Waals surface area contributed by atoms with Crippen molar-refractivity contribution in [3.63, 3.8) is 0 Å². The average Bonchev–Trinajstić information content (AvgIpc) is 3.02. The first-order valence-electron chi connectivity index (χ1n) is 6.38. The van der Waals surface area contributed by atoms with E-state index in [2.05, 4.69) is 67.9 Å². The summed E-state index contributed by atoms with van der Waals surface area (Å²) < 4.78 is 3.53. The lowest BCUT2D eigenvalue weighted by molar-refractivity contribution is 0.525. The van der Waals surface area contributed by atoms with Crippen molar-refractivity contribution < 1.29 is 0 Å². The van der Waals surface area contributed by atoms with Crippen LogP contribution in [-0.4, -0.2) is 9.55 Å². The molecule has 2 aromatic rings. The first-order valence-corrected chi connectivity index (χ1v) is 7.46. The Morgan fingerprint density at radius 3 is 2.61 bits per heavy atom. The monoisotopic (exact) mass is 353 g/mol. The number of anilines is 2. The third-order valence-electron chi connectivity index (χ3n) is 3.49. The van der Waals surface area contributed by atoms with Crippen molar-refractivity contribution >= 4 is 34.2 Å². The van der Waals surface area contributed by atoms with E-state index in [1.807, 2.05) is 6.20 Å². The second-order valence-corrected chi connectivity index (χ2v) is 5.97. The second-order valence-electron chi connectivity index (χ2n) is 4.73. The van der Waals surface area contributed by atoms with Crippen LogP contribution < -0.4 is 5.32 Å². The fourth-order valence-corrected chi connectivity index (χ4v) is 2.91. The summed E-state index contributed by atoms with van der Waals surface area (Å²) in [7, 11) is 0. The Bertz CT molecular complexity index is 512. The molecule has 0 bridgehead atoms. The lowest BCUT2D eigenvalue weighted by atomic mass is 10.2. The summed E-state index contributed by atoms with van der Waals surface area (Å²) in [5.74, 6) is 0.961. The maximum atomic E-state index is 4.43. The SMILES string of the molecule is Ic1ccc(Nc2nccn2C2CCCC2)cc1. The highest BCUT2D eigenvalue weighted by atomic mass is 127. The molecule has 18 heavy (non-hydrogen) atoms. The van der Waals surface area contributed by atoms with Gasteiger partial charge < -0.3 is 9.88 Å². The highest BCUT2D eigenvalue weighted by Crippen LogP contribution is 2.32. The summed E-state index contributed by atoms with van der Waals surface area (Å²) in [4.78, 5) is 4.43. The maximum absolute atomic E-state index is 4.43. The third-order valence-corrected chi connectivity index (χ3v) is 4.21. The molecule has 3 rings (SSSR count). The van der Waals surface area contributed by atoms with Crippen molar-refractivity contribution in [2.45, 2.75) is 31.7 Å². The molecule has 0 unspecified atom stereocenters. The number of nitrogens with zero attached hydrogens (tertiary/aromatic N) is 2. The molecule has 0 spiro atoms. The van der Waals surface area contributed by atoms with Crippen LogP contribution in [0.25, 0.3) is 0 Å². The fraction of sp³-hybridized carbons (Fsp3) is 0.357. The summed E-state index contributed by atoms with van der Waals surface area (Å²) in [6.07, 6.45) is 9.20. The molecule has 94 valence electrons. The molecule has 1 N–H and O–H groups in total. The third kappa shape index (κ3) is 2.53. The highest BCUT2D eigenvalue weighted by Gasteiger charge is 2.19. The van der Waals surface area contributed by atoms with Gasteiger partial charge in [-0.2, -0.15) is 0 Å². The van der Waals surface area contributed by atoms with Gasteiger partial charge in [0.05, 0.1) is 0 Å². The first kappa shape index (κ1) is 12.0. The lowest BCUT2D eigenvalue weighted by Crippen LogP contribution is -2.07. The van der Waals surface area contributed by atoms with Gasteiger partial charge in [-0.15, -0.1) is 0 Å². The van der Waals surface area contributed by atoms with Gasteiger partial charge in [-0.3, -0.25) is 0 Å². The molecule has 0 atom stereocenters. The van der Waals surface area contributed by atoms with Crippen molar-refractivity contribution in [3.8, 4) is 0 Å². The van der Waals surface area contributed by atoms with Gasteiger partial charge in [0.25, 0.3) is 0 Å². The molecule has 0 radical (unpaired) electrons. The zero-order chi connectivity index (χ0) is 12.4. The van der Waals surface area contributed by atoms with Crippen LogP contribution in [0.2, 0.25) is 0 Å². The van der Waals surface area contributed by atoms with Gasteiger partial charge >= 0.3 is 0 Å². The van der Waals surface area contributed by atoms with Crippen LogP contribution in [0.5, 0.6) is 0 Å². The van der Waals surface area contributed by atoms with E-state index in [4.69, 9.17) is 0 Å². The number of nitrogens with one attached hydrogen (secondary N) is 1. The zero-order valence-electron chi connectivity index (χ0n) is 10.1. The number of hydrogen-bond donors (Lipinski definition) is 1. The molecule has 1 aliphatic carbocycles. The van der Waals surface area contributed by atoms with Gasteiger partial charge in [0.1, 0.15) is 0 Å². The van der Waals surface area contributed by atoms with E-state index in [0.717, 1.165) is 11.6 Å². The van der Waals surface area contributed by atoms with Crippen molar-refractivity contribution in [2.24, 2.45) is 0 Å². The first-order chi connectivity index (χ1) is 8.83. The Balaban J connectivity index is 1.80. The summed E-state index contributed by atoms with van der Waals surface area (Å²) >= 11 is 2.32. The molecular formula is C14H16IN3. The second kappa shape index (κ2) is 5.30. The molecule has 0 aliphatic heterocycles. The van der Waals surface area contributed by atoms with E-state index < -0.39 is 0 Å². The molecule has 1 saturated carbocycles. The Kier molecular flexibility index (Phi) is 3.54. The maximum Gasteiger partial charge on any atom is 0.207 e. The Hall–Kier alpha value is -1.04. The fourth-order valence-electron chi connectivity index (χ4n) is 2.55. The number of halogens is 1. The van der Waals surface area contributed by atoms with Crippen LogP contribution in [0.4, 0.5) is 11.6 Å². The topological polar surface area (TPSA) is 29.9 Å². The number of benzene rings is 1. The smallest absolute Gasteiger partial charge is 0.207 e. The number of rotatable bonds is 3. The molecule has 3 nitrogen and oxygen atoms in total. The summed E-state index contributed by atoms with van der Waals surface area (Å²) in [5, 5.41) is 3.41. The van der Waals surface area contributed by atoms with Crippen LogP contribution in [0.3, 0.4) is 0 Å². The minimum atomic E-state index is 0.624. The predicted molar refractivity (Wildman–Crippen MR) is 82.2 cm³/mol. The number of hydrogen-bond acceptors (Lipinski definition) is 2. The molecule has 1 heterocycles. The molecule has 0 amide bonds. The Labute approximate surface area is 121 Å². The van der Waals surface area contributed by atoms with Crippen molar-refractivity contribution in [3.05, 3.63) is 40.2 Å². The summed E-state index contributed by atoms with van der Waals surface area (Å²) in [6.45, 7) is 0. The van der Waals surface area contributed by atoms with Gasteiger partial charge in [-0.1, -0.05) is 12.8 Å². The van der Waals surface area contributed by atoms with E-state index in [1.54, 1.807) is 0 Å². The van der Waals surface area contributed by atoms with Gasteiger partial charge in [0.2, 0.25) is 5.95 Å². The standard InChI is InChI=1S/C14H16IN3/c15-11-5-7-12(8-6-11)17-14-16-9-10-18(14)13-3-1-2-4-13/h5-10,13H,1-4H2,(H,16,17). The van der Waals surface area contributed by atoms with Crippen LogP contribution in [-0.2, 0) is 0 Å². The Morgan fingerprint density at radius 2 is 1.89 bits per heavy atom. The van der Waals surface area contributed by atoms with E-state index in [0.29, 0.717) is 6.04 Å². The number of imidazole rings is 1. The van der Waals surface area contributed by atoms with Crippen LogP contribution >= 0.6 is 22.6 Å². The Morgan fingerprint density at radius 1 is 1.17 bits per heavy atom. The van der Waals surface area contributed by atoms with E-state index in [1.165, 1.54) is 29.3 Å². The van der Waals surface area contributed by atoms with Crippen molar-refractivity contribution in [2.75, 3.05) is 5.32 Å². The molecule has 4 heteroatoms. The van der Waals surface area contributed by atoms with Gasteiger partial charge in [-0.05, 0) is 59.7 Å². The van der Waals surface area contributed by atoms with E-state index in [-0.39, 0.29) is 0 Å². The normalized spacial score (nSPS) is 16.1. The summed E-state index contributed by atoms with van der Waals surface area (Å²) in [6, 6.07) is 9.02. The van der Waals surface area contributed by atoms with Crippen LogP contribution in [0.15, 0.2) is 36.7 Å². The van der Waals surface area contributed by atoms with Gasteiger partial charge in [-0.25, -0.2) is 4.98 Å². The van der Waals surface area contributed by atoms with Crippen molar-refractivity contribution in [1.29, 1.82) is 0 Å². The van der Waals surface area contributed by atoms with Crippen LogP contribution in [0, 0.1) is 3.57 Å². The highest BCUT2D eigenvalue weighted by molar-refractivity contribution is 14.1. The van der Waals surface area contributed by atoms with Gasteiger partial charge in [0.15, 0.2) is 0 Å². The molecule has 1 fully saturated rings. The number of aromatic nitrogens is 2. The molecule has 1 aromatic heterocycles. The average molecular weight is 353 g/mol. The minimum Gasteiger partial charge on any atom is -0.326 e. The van der Waals surface area contributed by atoms with Gasteiger partial charge in [0, 0.05) is 27.7 Å². The molecule has 1 aromatic carbocycles. The van der Waals surface area contributed by atoms with Crippen molar-refractivity contribution in [1.82, 2.24) is 9.55 Å². The quantitative estimate of drug-likeness (QED) is 0.832. The van der Waals surface area contributed by atoms with Crippen LogP contribution in [0.1, 0.15) is 31.7 Å². The summed E-state index contributed by atoms with van der Waals surface area (Å²) in [5.41, 5.74) is 1.10. The minimum absolute atomic E-state index is 0.624. The predicted octanol–water partition coefficient (Wildman–Crippen LogP) is 4.35. The zero-order valence-corrected chi connectivity index (χ0v) is 12.3. The molecular weight excluding hydrogens is 337 g/mol. The van der Waals surface area contributed by atoms with E-state index in [9.17, 15) is 0 Å². The molecule has 0 saturated heterocycles. The lowest BCUT2D eigenvalue weighted by Gasteiger charge is -2.15. The largest absolute Gasteiger partial charge is 0.326 e. The van der Waals surface area contributed by atoms with E-state index >= 15 is 0 Å². The molecule has 1 aliphatic rings.